The average molecular weight is 320 g/mol. The second-order valence-corrected chi connectivity index (χ2v) is 5.43. The van der Waals surface area contributed by atoms with E-state index in [0.29, 0.717) is 29.7 Å². The number of nitrogens with zero attached hydrogens (tertiary/aromatic N) is 1. The maximum absolute atomic E-state index is 11.2. The van der Waals surface area contributed by atoms with Crippen molar-refractivity contribution in [2.24, 2.45) is 0 Å². The first kappa shape index (κ1) is 14.8. The zero-order valence-electron chi connectivity index (χ0n) is 11.7. The van der Waals surface area contributed by atoms with Gasteiger partial charge in [0, 0.05) is 23.2 Å². The van der Waals surface area contributed by atoms with E-state index in [0.717, 1.165) is 12.0 Å². The Morgan fingerprint density at radius 2 is 2.14 bits per heavy atom. The lowest BCUT2D eigenvalue weighted by Crippen LogP contribution is -2.17. The summed E-state index contributed by atoms with van der Waals surface area (Å²) >= 11 is 5.90. The Labute approximate surface area is 132 Å². The van der Waals surface area contributed by atoms with Crippen LogP contribution in [0.4, 0.5) is 0 Å². The molecule has 1 aliphatic rings. The minimum atomic E-state index is -1.03. The molecule has 1 fully saturated rings. The van der Waals surface area contributed by atoms with E-state index in [4.69, 9.17) is 26.2 Å². The highest BCUT2D eigenvalue weighted by molar-refractivity contribution is 6.30. The van der Waals surface area contributed by atoms with Gasteiger partial charge in [0.25, 0.3) is 0 Å². The molecule has 114 valence electrons. The van der Waals surface area contributed by atoms with Gasteiger partial charge in [-0.1, -0.05) is 23.7 Å². The SMILES string of the molecule is O=C(O)c1cnc(O[C@@H]2CCOC2)c(-c2ccc(Cl)cc2)c1. The van der Waals surface area contributed by atoms with Gasteiger partial charge in [0.1, 0.15) is 6.10 Å². The third-order valence-electron chi connectivity index (χ3n) is 3.42. The largest absolute Gasteiger partial charge is 0.478 e. The van der Waals surface area contributed by atoms with E-state index in [1.165, 1.54) is 6.20 Å². The van der Waals surface area contributed by atoms with E-state index in [2.05, 4.69) is 4.98 Å². The van der Waals surface area contributed by atoms with Crippen LogP contribution < -0.4 is 4.74 Å². The Hall–Kier alpha value is -2.11. The third kappa shape index (κ3) is 3.21. The summed E-state index contributed by atoms with van der Waals surface area (Å²) in [5, 5.41) is 9.76. The van der Waals surface area contributed by atoms with E-state index >= 15 is 0 Å². The lowest BCUT2D eigenvalue weighted by molar-refractivity contribution is 0.0696. The molecule has 1 aromatic heterocycles. The molecule has 3 rings (SSSR count). The number of carboxylic acids is 1. The van der Waals surface area contributed by atoms with Crippen molar-refractivity contribution in [2.75, 3.05) is 13.2 Å². The van der Waals surface area contributed by atoms with Crippen LogP contribution in [0.1, 0.15) is 16.8 Å². The summed E-state index contributed by atoms with van der Waals surface area (Å²) in [4.78, 5) is 15.3. The van der Waals surface area contributed by atoms with Gasteiger partial charge in [-0.05, 0) is 23.8 Å². The van der Waals surface area contributed by atoms with Gasteiger partial charge in [-0.15, -0.1) is 0 Å². The van der Waals surface area contributed by atoms with Gasteiger partial charge in [-0.2, -0.15) is 0 Å². The number of hydrogen-bond donors (Lipinski definition) is 1. The molecule has 0 amide bonds. The second-order valence-electron chi connectivity index (χ2n) is 4.99. The number of pyridine rings is 1. The van der Waals surface area contributed by atoms with Crippen LogP contribution in [0.25, 0.3) is 11.1 Å². The molecule has 1 saturated heterocycles. The number of carbonyl (C=O) groups is 1. The zero-order chi connectivity index (χ0) is 15.5. The Kier molecular flexibility index (Phi) is 4.27. The van der Waals surface area contributed by atoms with Gasteiger partial charge in [0.05, 0.1) is 18.8 Å². The van der Waals surface area contributed by atoms with Crippen molar-refractivity contribution in [2.45, 2.75) is 12.5 Å². The lowest BCUT2D eigenvalue weighted by Gasteiger charge is -2.15. The molecule has 1 atom stereocenters. The normalized spacial score (nSPS) is 17.4. The van der Waals surface area contributed by atoms with Gasteiger partial charge in [0.2, 0.25) is 5.88 Å². The topological polar surface area (TPSA) is 68.7 Å². The van der Waals surface area contributed by atoms with Crippen LogP contribution in [0.2, 0.25) is 5.02 Å². The van der Waals surface area contributed by atoms with Crippen molar-refractivity contribution in [1.82, 2.24) is 4.98 Å². The first-order valence-electron chi connectivity index (χ1n) is 6.87. The van der Waals surface area contributed by atoms with Crippen LogP contribution >= 0.6 is 11.6 Å². The van der Waals surface area contributed by atoms with Crippen LogP contribution in [0.15, 0.2) is 36.5 Å². The maximum Gasteiger partial charge on any atom is 0.337 e. The number of aromatic nitrogens is 1. The molecule has 1 aliphatic heterocycles. The van der Waals surface area contributed by atoms with Gasteiger partial charge in [0.15, 0.2) is 0 Å². The number of hydrogen-bond acceptors (Lipinski definition) is 4. The van der Waals surface area contributed by atoms with Crippen LogP contribution in [0.3, 0.4) is 0 Å². The molecule has 0 bridgehead atoms. The number of rotatable bonds is 4. The molecular formula is C16H14ClNO4. The number of benzene rings is 1. The Bertz CT molecular complexity index is 681. The molecule has 1 N–H and O–H groups in total. The van der Waals surface area contributed by atoms with E-state index in [1.807, 2.05) is 12.1 Å². The van der Waals surface area contributed by atoms with Crippen LogP contribution in [-0.2, 0) is 4.74 Å². The Morgan fingerprint density at radius 3 is 2.77 bits per heavy atom. The molecule has 0 spiro atoms. The summed E-state index contributed by atoms with van der Waals surface area (Å²) in [6.45, 7) is 1.18. The highest BCUT2D eigenvalue weighted by Gasteiger charge is 2.21. The highest BCUT2D eigenvalue weighted by atomic mass is 35.5. The quantitative estimate of drug-likeness (QED) is 0.936. The van der Waals surface area contributed by atoms with E-state index < -0.39 is 5.97 Å². The summed E-state index contributed by atoms with van der Waals surface area (Å²) in [5.41, 5.74) is 1.54. The molecule has 2 heterocycles. The molecule has 0 unspecified atom stereocenters. The molecule has 5 nitrogen and oxygen atoms in total. The molecule has 0 saturated carbocycles. The smallest absolute Gasteiger partial charge is 0.337 e. The monoisotopic (exact) mass is 319 g/mol. The van der Waals surface area contributed by atoms with Crippen LogP contribution in [0.5, 0.6) is 5.88 Å². The molecule has 0 radical (unpaired) electrons. The van der Waals surface area contributed by atoms with Crippen molar-refractivity contribution in [3.63, 3.8) is 0 Å². The fourth-order valence-electron chi connectivity index (χ4n) is 2.26. The molecule has 0 aliphatic carbocycles. The highest BCUT2D eigenvalue weighted by Crippen LogP contribution is 2.31. The summed E-state index contributed by atoms with van der Waals surface area (Å²) in [7, 11) is 0. The minimum absolute atomic E-state index is 0.0609. The first-order chi connectivity index (χ1) is 10.6. The van der Waals surface area contributed by atoms with Gasteiger partial charge >= 0.3 is 5.97 Å². The van der Waals surface area contributed by atoms with E-state index in [9.17, 15) is 4.79 Å². The number of carboxylic acid groups (broad SMARTS) is 1. The summed E-state index contributed by atoms with van der Waals surface area (Å²) in [5.74, 6) is -0.624. The average Bonchev–Trinajstić information content (AvgIpc) is 3.01. The van der Waals surface area contributed by atoms with Crippen molar-refractivity contribution < 1.29 is 19.4 Å². The zero-order valence-corrected chi connectivity index (χ0v) is 12.4. The summed E-state index contributed by atoms with van der Waals surface area (Å²) < 4.78 is 11.2. The molecule has 22 heavy (non-hydrogen) atoms. The first-order valence-corrected chi connectivity index (χ1v) is 7.25. The molecule has 1 aromatic carbocycles. The van der Waals surface area contributed by atoms with Gasteiger partial charge < -0.3 is 14.6 Å². The fourth-order valence-corrected chi connectivity index (χ4v) is 2.39. The second kappa shape index (κ2) is 6.34. The maximum atomic E-state index is 11.2. The lowest BCUT2D eigenvalue weighted by atomic mass is 10.1. The number of ether oxygens (including phenoxy) is 2. The van der Waals surface area contributed by atoms with Crippen molar-refractivity contribution in [3.05, 3.63) is 47.1 Å². The van der Waals surface area contributed by atoms with Gasteiger partial charge in [-0.25, -0.2) is 9.78 Å². The predicted octanol–water partition coefficient (Wildman–Crippen LogP) is 3.27. The number of halogens is 1. The van der Waals surface area contributed by atoms with E-state index in [-0.39, 0.29) is 11.7 Å². The third-order valence-corrected chi connectivity index (χ3v) is 3.67. The van der Waals surface area contributed by atoms with Crippen molar-refractivity contribution in [1.29, 1.82) is 0 Å². The van der Waals surface area contributed by atoms with Crippen molar-refractivity contribution >= 4 is 17.6 Å². The summed E-state index contributed by atoms with van der Waals surface area (Å²) in [6, 6.07) is 8.66. The standard InChI is InChI=1S/C16H14ClNO4/c17-12-3-1-10(2-4-12)14-7-11(16(19)20)8-18-15(14)22-13-5-6-21-9-13/h1-4,7-8,13H,5-6,9H2,(H,19,20)/t13-/m1/s1. The van der Waals surface area contributed by atoms with Crippen LogP contribution in [0, 0.1) is 0 Å². The van der Waals surface area contributed by atoms with Crippen LogP contribution in [-0.4, -0.2) is 35.4 Å². The number of aromatic carboxylic acids is 1. The van der Waals surface area contributed by atoms with E-state index in [1.54, 1.807) is 18.2 Å². The molecule has 2 aromatic rings. The fraction of sp³-hybridized carbons (Fsp3) is 0.250. The Balaban J connectivity index is 2.00. The Morgan fingerprint density at radius 1 is 1.36 bits per heavy atom. The predicted molar refractivity (Wildman–Crippen MR) is 81.5 cm³/mol. The molecule has 6 heteroatoms. The van der Waals surface area contributed by atoms with Crippen molar-refractivity contribution in [3.8, 4) is 17.0 Å². The molecular weight excluding hydrogens is 306 g/mol. The summed E-state index contributed by atoms with van der Waals surface area (Å²) in [6.07, 6.45) is 2.03. The minimum Gasteiger partial charge on any atom is -0.478 e. The van der Waals surface area contributed by atoms with Gasteiger partial charge in [-0.3, -0.25) is 0 Å².